The number of carbonyl (C=O) groups is 3. The Bertz CT molecular complexity index is 1500. The van der Waals surface area contributed by atoms with Crippen LogP contribution < -0.4 is 0 Å². The SMILES string of the molecule is CC/C=C\C/C=C\C/C=C\C/C=C\C/C=C\CCCC(=O)OC(COC(=O)CCCCCCCCCCCCCCCCC/C=C\C/C=C\CCCCCCC)COC(=O)CCCCCCCCCCCCCCCCCCC. The number of esters is 3. The number of carbonyl (C=O) groups excluding carboxylic acids is 3. The molecule has 0 heterocycles. The van der Waals surface area contributed by atoms with Gasteiger partial charge < -0.3 is 14.2 Å². The zero-order chi connectivity index (χ0) is 57.1. The lowest BCUT2D eigenvalue weighted by Gasteiger charge is -2.18. The Kier molecular flexibility index (Phi) is 64.2. The van der Waals surface area contributed by atoms with Crippen LogP contribution in [0.1, 0.15) is 342 Å². The zero-order valence-electron chi connectivity index (χ0n) is 52.4. The minimum Gasteiger partial charge on any atom is -0.462 e. The molecule has 0 saturated heterocycles. The molecule has 0 N–H and O–H groups in total. The highest BCUT2D eigenvalue weighted by Crippen LogP contribution is 2.17. The highest BCUT2D eigenvalue weighted by molar-refractivity contribution is 5.71. The van der Waals surface area contributed by atoms with E-state index >= 15 is 0 Å². The quantitative estimate of drug-likeness (QED) is 0.0261. The molecule has 0 aliphatic carbocycles. The predicted molar refractivity (Wildman–Crippen MR) is 344 cm³/mol. The molecule has 0 aromatic carbocycles. The molecule has 0 radical (unpaired) electrons. The number of rotatable bonds is 62. The molecule has 0 amide bonds. The number of allylic oxidation sites excluding steroid dienone is 14. The van der Waals surface area contributed by atoms with Crippen molar-refractivity contribution in [2.24, 2.45) is 0 Å². The normalized spacial score (nSPS) is 12.6. The summed E-state index contributed by atoms with van der Waals surface area (Å²) < 4.78 is 16.9. The van der Waals surface area contributed by atoms with Crippen LogP contribution in [0.5, 0.6) is 0 Å². The summed E-state index contributed by atoms with van der Waals surface area (Å²) in [5.41, 5.74) is 0. The van der Waals surface area contributed by atoms with Gasteiger partial charge in [-0.05, 0) is 89.9 Å². The van der Waals surface area contributed by atoms with E-state index in [-0.39, 0.29) is 37.5 Å². The van der Waals surface area contributed by atoms with E-state index in [4.69, 9.17) is 14.2 Å². The van der Waals surface area contributed by atoms with Crippen molar-refractivity contribution in [1.82, 2.24) is 0 Å². The van der Waals surface area contributed by atoms with Crippen LogP contribution in [0.3, 0.4) is 0 Å². The first-order valence-electron chi connectivity index (χ1n) is 34.1. The largest absolute Gasteiger partial charge is 0.462 e. The van der Waals surface area contributed by atoms with Gasteiger partial charge in [0.15, 0.2) is 6.10 Å². The topological polar surface area (TPSA) is 78.9 Å². The van der Waals surface area contributed by atoms with E-state index in [0.29, 0.717) is 19.3 Å². The molecule has 0 aliphatic heterocycles. The van der Waals surface area contributed by atoms with Crippen LogP contribution >= 0.6 is 0 Å². The van der Waals surface area contributed by atoms with Crippen molar-refractivity contribution in [1.29, 1.82) is 0 Å². The summed E-state index contributed by atoms with van der Waals surface area (Å²) in [7, 11) is 0. The average Bonchev–Trinajstić information content (AvgIpc) is 3.45. The van der Waals surface area contributed by atoms with Crippen molar-refractivity contribution in [3.05, 3.63) is 85.1 Å². The van der Waals surface area contributed by atoms with Gasteiger partial charge in [-0.25, -0.2) is 0 Å². The Balaban J connectivity index is 4.33. The minimum absolute atomic E-state index is 0.0954. The second-order valence-electron chi connectivity index (χ2n) is 22.7. The number of hydrogen-bond donors (Lipinski definition) is 0. The second kappa shape index (κ2) is 67.1. The van der Waals surface area contributed by atoms with Gasteiger partial charge in [0.25, 0.3) is 0 Å². The summed E-state index contributed by atoms with van der Waals surface area (Å²) in [6, 6.07) is 0. The molecule has 0 spiro atoms. The molecule has 0 fully saturated rings. The van der Waals surface area contributed by atoms with Crippen LogP contribution in [0.15, 0.2) is 85.1 Å². The molecule has 79 heavy (non-hydrogen) atoms. The van der Waals surface area contributed by atoms with Crippen molar-refractivity contribution in [3.63, 3.8) is 0 Å². The van der Waals surface area contributed by atoms with Crippen molar-refractivity contribution in [2.75, 3.05) is 13.2 Å². The van der Waals surface area contributed by atoms with Gasteiger partial charge in [0.2, 0.25) is 0 Å². The third kappa shape index (κ3) is 65.3. The lowest BCUT2D eigenvalue weighted by molar-refractivity contribution is -0.167. The third-order valence-electron chi connectivity index (χ3n) is 14.9. The van der Waals surface area contributed by atoms with E-state index in [2.05, 4.69) is 106 Å². The maximum absolute atomic E-state index is 12.9. The Hall–Kier alpha value is -3.41. The smallest absolute Gasteiger partial charge is 0.306 e. The van der Waals surface area contributed by atoms with Gasteiger partial charge in [-0.3, -0.25) is 14.4 Å². The predicted octanol–water partition coefficient (Wildman–Crippen LogP) is 23.4. The number of unbranched alkanes of at least 4 members (excludes halogenated alkanes) is 37. The van der Waals surface area contributed by atoms with Gasteiger partial charge in [-0.15, -0.1) is 0 Å². The third-order valence-corrected chi connectivity index (χ3v) is 14.9. The molecule has 0 aromatic heterocycles. The van der Waals surface area contributed by atoms with Gasteiger partial charge in [0.1, 0.15) is 13.2 Å². The molecule has 6 nitrogen and oxygen atoms in total. The molecule has 1 unspecified atom stereocenters. The average molecular weight is 1100 g/mol. The second-order valence-corrected chi connectivity index (χ2v) is 22.7. The fourth-order valence-corrected chi connectivity index (χ4v) is 9.81. The fourth-order valence-electron chi connectivity index (χ4n) is 9.81. The fraction of sp³-hybridized carbons (Fsp3) is 0.767. The molecule has 0 saturated carbocycles. The Morgan fingerprint density at radius 1 is 0.266 bits per heavy atom. The molecule has 0 bridgehead atoms. The first kappa shape index (κ1) is 75.6. The zero-order valence-corrected chi connectivity index (χ0v) is 52.4. The van der Waals surface area contributed by atoms with Crippen LogP contribution in [-0.2, 0) is 28.6 Å². The molecule has 456 valence electrons. The molecular weight excluding hydrogens is 973 g/mol. The van der Waals surface area contributed by atoms with E-state index in [0.717, 1.165) is 83.5 Å². The highest BCUT2D eigenvalue weighted by Gasteiger charge is 2.19. The van der Waals surface area contributed by atoms with E-state index in [1.807, 2.05) is 0 Å². The van der Waals surface area contributed by atoms with E-state index in [1.54, 1.807) is 0 Å². The van der Waals surface area contributed by atoms with Crippen molar-refractivity contribution < 1.29 is 28.6 Å². The molecule has 0 aromatic rings. The lowest BCUT2D eigenvalue weighted by atomic mass is 10.0. The van der Waals surface area contributed by atoms with Crippen LogP contribution in [0, 0.1) is 0 Å². The van der Waals surface area contributed by atoms with Crippen LogP contribution in [0.25, 0.3) is 0 Å². The van der Waals surface area contributed by atoms with Gasteiger partial charge in [0.05, 0.1) is 0 Å². The maximum atomic E-state index is 12.9. The lowest BCUT2D eigenvalue weighted by Crippen LogP contribution is -2.30. The molecule has 6 heteroatoms. The van der Waals surface area contributed by atoms with E-state index < -0.39 is 6.10 Å². The van der Waals surface area contributed by atoms with E-state index in [9.17, 15) is 14.4 Å². The van der Waals surface area contributed by atoms with Crippen molar-refractivity contribution in [3.8, 4) is 0 Å². The van der Waals surface area contributed by atoms with Crippen molar-refractivity contribution >= 4 is 17.9 Å². The first-order valence-corrected chi connectivity index (χ1v) is 34.1. The maximum Gasteiger partial charge on any atom is 0.306 e. The van der Waals surface area contributed by atoms with Gasteiger partial charge in [0, 0.05) is 19.3 Å². The van der Waals surface area contributed by atoms with Gasteiger partial charge in [-0.2, -0.15) is 0 Å². The van der Waals surface area contributed by atoms with Crippen LogP contribution in [0.2, 0.25) is 0 Å². The molecule has 1 atom stereocenters. The van der Waals surface area contributed by atoms with Gasteiger partial charge in [-0.1, -0.05) is 318 Å². The summed E-state index contributed by atoms with van der Waals surface area (Å²) >= 11 is 0. The minimum atomic E-state index is -0.806. The van der Waals surface area contributed by atoms with Crippen LogP contribution in [0.4, 0.5) is 0 Å². The summed E-state index contributed by atoms with van der Waals surface area (Å²) in [4.78, 5) is 38.4. The van der Waals surface area contributed by atoms with E-state index in [1.165, 1.54) is 212 Å². The number of hydrogen-bond acceptors (Lipinski definition) is 6. The van der Waals surface area contributed by atoms with Gasteiger partial charge >= 0.3 is 17.9 Å². The monoisotopic (exact) mass is 1100 g/mol. The molecule has 0 rings (SSSR count). The molecule has 0 aliphatic rings. The number of ether oxygens (including phenoxy) is 3. The summed E-state index contributed by atoms with van der Waals surface area (Å²) in [6.07, 6.45) is 89.0. The molecular formula is C73H128O6. The standard InChI is InChI=1S/C73H128O6/c1-4-7-10-13-16-19-22-25-28-31-32-33-34-35-36-37-38-39-40-43-45-48-51-54-57-60-63-66-72(75)78-69-70(79-73(76)67-64-61-58-55-52-49-46-42-30-27-24-21-18-15-12-9-6-3)68-77-71(74)65-62-59-56-53-50-47-44-41-29-26-23-20-17-14-11-8-5-2/h9,12,18,21-22,25,27,30-32,46,49,55,58,70H,4-8,10-11,13-17,19-20,23-24,26,28-29,33-45,47-48,50-54,56-57,59-69H2,1-3H3/b12-9-,21-18-,25-22-,30-27-,32-31-,49-46-,58-55-. The van der Waals surface area contributed by atoms with Crippen LogP contribution in [-0.4, -0.2) is 37.2 Å². The summed E-state index contributed by atoms with van der Waals surface area (Å²) in [5, 5.41) is 0. The summed E-state index contributed by atoms with van der Waals surface area (Å²) in [5.74, 6) is -0.937. The Labute approximate surface area is 490 Å². The first-order chi connectivity index (χ1) is 39.0. The summed E-state index contributed by atoms with van der Waals surface area (Å²) in [6.45, 7) is 6.52. The Morgan fingerprint density at radius 2 is 0.506 bits per heavy atom. The highest BCUT2D eigenvalue weighted by atomic mass is 16.6. The van der Waals surface area contributed by atoms with Crippen molar-refractivity contribution in [2.45, 2.75) is 348 Å². The Morgan fingerprint density at radius 3 is 0.810 bits per heavy atom.